The third-order valence-corrected chi connectivity index (χ3v) is 5.27. The number of alkyl halides is 3. The van der Waals surface area contributed by atoms with Crippen LogP contribution in [0.2, 0.25) is 0 Å². The van der Waals surface area contributed by atoms with E-state index in [1.54, 1.807) is 23.6 Å². The molecule has 0 bridgehead atoms. The predicted molar refractivity (Wildman–Crippen MR) is 110 cm³/mol. The lowest BCUT2D eigenvalue weighted by Crippen LogP contribution is -2.23. The zero-order valence-corrected chi connectivity index (χ0v) is 17.6. The number of benzene rings is 2. The summed E-state index contributed by atoms with van der Waals surface area (Å²) in [6.45, 7) is 1.98. The van der Waals surface area contributed by atoms with Crippen molar-refractivity contribution in [3.63, 3.8) is 0 Å². The molecular formula is C20H16F3N5O3S. The lowest BCUT2D eigenvalue weighted by molar-refractivity contribution is -0.274. The molecule has 0 aliphatic rings. The maximum Gasteiger partial charge on any atom is 0.573 e. The first-order valence-corrected chi connectivity index (χ1v) is 10.1. The zero-order chi connectivity index (χ0) is 22.9. The molecule has 0 aliphatic heterocycles. The predicted octanol–water partition coefficient (Wildman–Crippen LogP) is 3.88. The summed E-state index contributed by atoms with van der Waals surface area (Å²) in [7, 11) is 1.50. The van der Waals surface area contributed by atoms with Gasteiger partial charge < -0.3 is 9.47 Å². The number of aryl methyl sites for hydroxylation is 2. The van der Waals surface area contributed by atoms with Gasteiger partial charge in [0.05, 0.1) is 11.4 Å². The number of nitrogens with zero attached hydrogens (tertiary/aromatic N) is 5. The van der Waals surface area contributed by atoms with Crippen LogP contribution in [0.5, 0.6) is 10.9 Å². The van der Waals surface area contributed by atoms with Crippen LogP contribution in [0.4, 0.5) is 13.2 Å². The minimum Gasteiger partial charge on any atom is -0.465 e. The van der Waals surface area contributed by atoms with Crippen LogP contribution in [0, 0.1) is 6.92 Å². The first kappa shape index (κ1) is 21.6. The number of aromatic nitrogens is 5. The molecule has 32 heavy (non-hydrogen) atoms. The van der Waals surface area contributed by atoms with E-state index in [0.717, 1.165) is 15.8 Å². The maximum atomic E-state index is 12.5. The summed E-state index contributed by atoms with van der Waals surface area (Å²) >= 11 is 1.20. The summed E-state index contributed by atoms with van der Waals surface area (Å²) in [5, 5.41) is 9.61. The summed E-state index contributed by atoms with van der Waals surface area (Å²) < 4.78 is 49.5. The Bertz CT molecular complexity index is 1310. The maximum absolute atomic E-state index is 12.5. The number of hydrogen-bond acceptors (Lipinski definition) is 7. The molecule has 166 valence electrons. The monoisotopic (exact) mass is 463 g/mol. The third-order valence-electron chi connectivity index (χ3n) is 4.52. The van der Waals surface area contributed by atoms with E-state index in [9.17, 15) is 18.0 Å². The van der Waals surface area contributed by atoms with Gasteiger partial charge in [-0.15, -0.1) is 13.2 Å². The van der Waals surface area contributed by atoms with Crippen molar-refractivity contribution < 1.29 is 22.6 Å². The van der Waals surface area contributed by atoms with Crippen molar-refractivity contribution in [1.29, 1.82) is 0 Å². The van der Waals surface area contributed by atoms with Crippen LogP contribution >= 0.6 is 11.3 Å². The van der Waals surface area contributed by atoms with Gasteiger partial charge in [-0.05, 0) is 41.1 Å². The molecule has 12 heteroatoms. The molecule has 0 N–H and O–H groups in total. The summed E-state index contributed by atoms with van der Waals surface area (Å²) in [6.07, 6.45) is -4.77. The smallest absolute Gasteiger partial charge is 0.465 e. The second-order valence-corrected chi connectivity index (χ2v) is 7.55. The van der Waals surface area contributed by atoms with Crippen molar-refractivity contribution >= 4 is 11.3 Å². The minimum atomic E-state index is -4.77. The summed E-state index contributed by atoms with van der Waals surface area (Å²) in [6, 6.07) is 11.0. The first-order chi connectivity index (χ1) is 15.2. The van der Waals surface area contributed by atoms with Crippen molar-refractivity contribution in [1.82, 2.24) is 24.8 Å². The Kier molecular flexibility index (Phi) is 5.70. The van der Waals surface area contributed by atoms with Crippen LogP contribution in [-0.4, -0.2) is 31.1 Å². The Morgan fingerprint density at radius 3 is 2.62 bits per heavy atom. The van der Waals surface area contributed by atoms with Crippen molar-refractivity contribution in [2.24, 2.45) is 7.05 Å². The SMILES string of the molecule is Cc1cccc(-n2nnn(C)c2=O)c1COc1nc(-c2cccc(OC(F)(F)F)c2)cs1. The molecule has 0 fully saturated rings. The molecule has 2 aromatic heterocycles. The molecule has 0 aliphatic carbocycles. The van der Waals surface area contributed by atoms with Gasteiger partial charge in [0, 0.05) is 23.6 Å². The zero-order valence-electron chi connectivity index (χ0n) is 16.8. The average molecular weight is 463 g/mol. The van der Waals surface area contributed by atoms with Gasteiger partial charge in [-0.3, -0.25) is 0 Å². The van der Waals surface area contributed by atoms with E-state index >= 15 is 0 Å². The van der Waals surface area contributed by atoms with Gasteiger partial charge in [0.1, 0.15) is 12.4 Å². The molecule has 0 spiro atoms. The van der Waals surface area contributed by atoms with Crippen LogP contribution in [-0.2, 0) is 13.7 Å². The summed E-state index contributed by atoms with van der Waals surface area (Å²) in [5.74, 6) is -0.329. The summed E-state index contributed by atoms with van der Waals surface area (Å²) in [5.41, 5.74) is 2.67. The number of ether oxygens (including phenoxy) is 2. The first-order valence-electron chi connectivity index (χ1n) is 9.23. The van der Waals surface area contributed by atoms with Gasteiger partial charge in [-0.1, -0.05) is 35.6 Å². The standard InChI is InChI=1S/C20H16F3N5O3S/c1-12-5-3-8-17(28-19(29)27(2)25-26-28)15(12)10-30-18-24-16(11-32-18)13-6-4-7-14(9-13)31-20(21,22)23/h3-9,11H,10H2,1-2H3. The van der Waals surface area contributed by atoms with Gasteiger partial charge in [-0.2, -0.15) is 9.36 Å². The minimum absolute atomic E-state index is 0.106. The quantitative estimate of drug-likeness (QED) is 0.432. The molecule has 0 radical (unpaired) electrons. The van der Waals surface area contributed by atoms with Gasteiger partial charge in [0.25, 0.3) is 5.19 Å². The summed E-state index contributed by atoms with van der Waals surface area (Å²) in [4.78, 5) is 16.6. The number of hydrogen-bond donors (Lipinski definition) is 0. The van der Waals surface area contributed by atoms with Gasteiger partial charge in [0.2, 0.25) is 0 Å². The Hall–Kier alpha value is -3.67. The largest absolute Gasteiger partial charge is 0.573 e. The molecule has 0 saturated carbocycles. The highest BCUT2D eigenvalue weighted by Gasteiger charge is 2.31. The average Bonchev–Trinajstić information content (AvgIpc) is 3.33. The van der Waals surface area contributed by atoms with Crippen molar-refractivity contribution in [2.75, 3.05) is 0 Å². The Balaban J connectivity index is 1.55. The van der Waals surface area contributed by atoms with Crippen molar-refractivity contribution in [3.8, 4) is 27.9 Å². The fraction of sp³-hybridized carbons (Fsp3) is 0.200. The molecule has 0 saturated heterocycles. The number of tetrazole rings is 1. The lowest BCUT2D eigenvalue weighted by atomic mass is 10.1. The fourth-order valence-corrected chi connectivity index (χ4v) is 3.66. The van der Waals surface area contributed by atoms with Crippen LogP contribution in [0.3, 0.4) is 0 Å². The molecule has 4 aromatic rings. The number of rotatable bonds is 6. The van der Waals surface area contributed by atoms with E-state index in [4.69, 9.17) is 4.74 Å². The Morgan fingerprint density at radius 2 is 1.91 bits per heavy atom. The Labute approximate surface area is 183 Å². The van der Waals surface area contributed by atoms with E-state index in [-0.39, 0.29) is 12.4 Å². The van der Waals surface area contributed by atoms with E-state index in [2.05, 4.69) is 20.1 Å². The van der Waals surface area contributed by atoms with Gasteiger partial charge in [-0.25, -0.2) is 9.78 Å². The second kappa shape index (κ2) is 8.46. The molecular weight excluding hydrogens is 447 g/mol. The highest BCUT2D eigenvalue weighted by molar-refractivity contribution is 7.11. The van der Waals surface area contributed by atoms with Gasteiger partial charge in [0.15, 0.2) is 0 Å². The van der Waals surface area contributed by atoms with E-state index in [1.807, 2.05) is 13.0 Å². The number of thiazole rings is 1. The van der Waals surface area contributed by atoms with Crippen LogP contribution in [0.15, 0.2) is 52.6 Å². The lowest BCUT2D eigenvalue weighted by Gasteiger charge is -2.11. The van der Waals surface area contributed by atoms with Crippen molar-refractivity contribution in [3.05, 3.63) is 69.5 Å². The van der Waals surface area contributed by atoms with Crippen LogP contribution in [0.25, 0.3) is 16.9 Å². The molecule has 0 unspecified atom stereocenters. The molecule has 0 atom stereocenters. The molecule has 0 amide bonds. The van der Waals surface area contributed by atoms with Crippen LogP contribution < -0.4 is 15.2 Å². The topological polar surface area (TPSA) is 84.1 Å². The van der Waals surface area contributed by atoms with E-state index < -0.39 is 12.1 Å². The Morgan fingerprint density at radius 1 is 1.12 bits per heavy atom. The van der Waals surface area contributed by atoms with E-state index in [1.165, 1.54) is 41.3 Å². The normalized spacial score (nSPS) is 11.5. The van der Waals surface area contributed by atoms with Gasteiger partial charge >= 0.3 is 12.1 Å². The molecule has 4 rings (SSSR count). The molecule has 2 aromatic carbocycles. The molecule has 2 heterocycles. The third kappa shape index (κ3) is 4.64. The fourth-order valence-electron chi connectivity index (χ4n) is 2.98. The van der Waals surface area contributed by atoms with Crippen LogP contribution in [0.1, 0.15) is 11.1 Å². The second-order valence-electron chi connectivity index (χ2n) is 6.73. The van der Waals surface area contributed by atoms with E-state index in [0.29, 0.717) is 22.1 Å². The molecule has 8 nitrogen and oxygen atoms in total. The highest BCUT2D eigenvalue weighted by atomic mass is 32.1. The highest BCUT2D eigenvalue weighted by Crippen LogP contribution is 2.31. The number of halogens is 3. The van der Waals surface area contributed by atoms with Crippen molar-refractivity contribution in [2.45, 2.75) is 19.9 Å².